The van der Waals surface area contributed by atoms with Crippen molar-refractivity contribution < 1.29 is 19.8 Å². The van der Waals surface area contributed by atoms with Gasteiger partial charge in [-0.05, 0) is 12.8 Å². The van der Waals surface area contributed by atoms with Crippen molar-refractivity contribution in [3.63, 3.8) is 0 Å². The maximum absolute atomic E-state index is 10.3. The van der Waals surface area contributed by atoms with E-state index in [2.05, 4.69) is 6.58 Å². The van der Waals surface area contributed by atoms with Gasteiger partial charge in [0.1, 0.15) is 0 Å². The van der Waals surface area contributed by atoms with Gasteiger partial charge in [-0.1, -0.05) is 13.5 Å². The van der Waals surface area contributed by atoms with Gasteiger partial charge in [0.2, 0.25) is 0 Å². The van der Waals surface area contributed by atoms with E-state index in [0.29, 0.717) is 6.42 Å². The molecule has 0 aromatic rings. The fourth-order valence-corrected chi connectivity index (χ4v) is 0.621. The third-order valence-corrected chi connectivity index (χ3v) is 1.60. The Morgan fingerprint density at radius 2 is 1.92 bits per heavy atom. The first-order chi connectivity index (χ1) is 5.45. The lowest BCUT2D eigenvalue weighted by Gasteiger charge is -2.04. The van der Waals surface area contributed by atoms with Crippen LogP contribution in [0.25, 0.3) is 0 Å². The minimum absolute atomic E-state index is 0.0584. The number of aliphatic carboxylic acids is 2. The van der Waals surface area contributed by atoms with Crippen LogP contribution < -0.4 is 0 Å². The molecule has 1 atom stereocenters. The molecule has 0 aliphatic heterocycles. The van der Waals surface area contributed by atoms with Crippen molar-refractivity contribution in [3.8, 4) is 0 Å². The zero-order valence-electron chi connectivity index (χ0n) is 6.91. The lowest BCUT2D eigenvalue weighted by Crippen LogP contribution is -2.10. The van der Waals surface area contributed by atoms with Gasteiger partial charge in [0.05, 0.1) is 5.92 Å². The maximum atomic E-state index is 10.3. The second kappa shape index (κ2) is 4.54. The fraction of sp³-hybridized carbons (Fsp3) is 0.500. The van der Waals surface area contributed by atoms with E-state index in [1.165, 1.54) is 6.92 Å². The molecule has 0 saturated carbocycles. The number of carbonyl (C=O) groups is 2. The Morgan fingerprint density at radius 3 is 2.25 bits per heavy atom. The van der Waals surface area contributed by atoms with Crippen LogP contribution in [0.3, 0.4) is 0 Å². The topological polar surface area (TPSA) is 74.6 Å². The Bertz CT molecular complexity index is 207. The summed E-state index contributed by atoms with van der Waals surface area (Å²) in [6, 6.07) is 0. The Morgan fingerprint density at radius 1 is 1.42 bits per heavy atom. The SMILES string of the molecule is C=C(CCC(C)C(=O)O)C(=O)O. The average Bonchev–Trinajstić information content (AvgIpc) is 1.98. The molecule has 0 amide bonds. The zero-order valence-corrected chi connectivity index (χ0v) is 6.91. The molecule has 4 nitrogen and oxygen atoms in total. The van der Waals surface area contributed by atoms with Crippen LogP contribution in [0.4, 0.5) is 0 Å². The number of hydrogen-bond donors (Lipinski definition) is 2. The summed E-state index contributed by atoms with van der Waals surface area (Å²) in [7, 11) is 0. The third kappa shape index (κ3) is 3.75. The van der Waals surface area contributed by atoms with Gasteiger partial charge in [0.15, 0.2) is 0 Å². The standard InChI is InChI=1S/C8H12O4/c1-5(7(9)10)3-4-6(2)8(11)12/h6H,1,3-4H2,2H3,(H,9,10)(H,11,12). The van der Waals surface area contributed by atoms with Gasteiger partial charge in [0, 0.05) is 5.57 Å². The van der Waals surface area contributed by atoms with Gasteiger partial charge in [-0.25, -0.2) is 4.79 Å². The molecule has 68 valence electrons. The highest BCUT2D eigenvalue weighted by molar-refractivity contribution is 5.85. The van der Waals surface area contributed by atoms with E-state index in [1.807, 2.05) is 0 Å². The lowest BCUT2D eigenvalue weighted by molar-refractivity contribution is -0.141. The molecule has 0 rings (SSSR count). The van der Waals surface area contributed by atoms with Crippen molar-refractivity contribution in [3.05, 3.63) is 12.2 Å². The van der Waals surface area contributed by atoms with Crippen LogP contribution in [0.5, 0.6) is 0 Å². The Balaban J connectivity index is 3.76. The van der Waals surface area contributed by atoms with E-state index in [-0.39, 0.29) is 12.0 Å². The van der Waals surface area contributed by atoms with Crippen LogP contribution in [0, 0.1) is 5.92 Å². The molecule has 0 bridgehead atoms. The minimum atomic E-state index is -1.06. The highest BCUT2D eigenvalue weighted by Gasteiger charge is 2.12. The largest absolute Gasteiger partial charge is 0.481 e. The molecule has 0 spiro atoms. The van der Waals surface area contributed by atoms with Gasteiger partial charge < -0.3 is 10.2 Å². The molecule has 2 N–H and O–H groups in total. The predicted octanol–water partition coefficient (Wildman–Crippen LogP) is 1.13. The van der Waals surface area contributed by atoms with Crippen LogP contribution in [0.15, 0.2) is 12.2 Å². The van der Waals surface area contributed by atoms with Gasteiger partial charge >= 0.3 is 11.9 Å². The molecule has 0 aromatic heterocycles. The van der Waals surface area contributed by atoms with Crippen LogP contribution in [-0.4, -0.2) is 22.2 Å². The summed E-state index contributed by atoms with van der Waals surface area (Å²) in [4.78, 5) is 20.5. The quantitative estimate of drug-likeness (QED) is 0.609. The van der Waals surface area contributed by atoms with Crippen molar-refractivity contribution >= 4 is 11.9 Å². The number of hydrogen-bond acceptors (Lipinski definition) is 2. The van der Waals surface area contributed by atoms with Crippen LogP contribution >= 0.6 is 0 Å². The average molecular weight is 172 g/mol. The molecule has 0 radical (unpaired) electrons. The summed E-state index contributed by atoms with van der Waals surface area (Å²) < 4.78 is 0. The molecule has 1 unspecified atom stereocenters. The molecular weight excluding hydrogens is 160 g/mol. The van der Waals surface area contributed by atoms with Crippen LogP contribution in [0.2, 0.25) is 0 Å². The van der Waals surface area contributed by atoms with Crippen molar-refractivity contribution in [2.75, 3.05) is 0 Å². The van der Waals surface area contributed by atoms with Gasteiger partial charge in [-0.3, -0.25) is 4.79 Å². The Hall–Kier alpha value is -1.32. The molecule has 12 heavy (non-hydrogen) atoms. The highest BCUT2D eigenvalue weighted by atomic mass is 16.4. The first kappa shape index (κ1) is 10.7. The zero-order chi connectivity index (χ0) is 9.72. The van der Waals surface area contributed by atoms with E-state index in [9.17, 15) is 9.59 Å². The second-order valence-electron chi connectivity index (χ2n) is 2.69. The third-order valence-electron chi connectivity index (χ3n) is 1.60. The summed E-state index contributed by atoms with van der Waals surface area (Å²) in [6.45, 7) is 4.83. The summed E-state index contributed by atoms with van der Waals surface area (Å²) in [5.41, 5.74) is 0.0584. The summed E-state index contributed by atoms with van der Waals surface area (Å²) in [5, 5.41) is 16.8. The van der Waals surface area contributed by atoms with Crippen molar-refractivity contribution in [2.24, 2.45) is 5.92 Å². The maximum Gasteiger partial charge on any atom is 0.330 e. The molecule has 0 heterocycles. The Labute approximate surface area is 70.5 Å². The summed E-state index contributed by atoms with van der Waals surface area (Å²) in [5.74, 6) is -2.48. The first-order valence-electron chi connectivity index (χ1n) is 3.59. The number of carboxylic acids is 2. The highest BCUT2D eigenvalue weighted by Crippen LogP contribution is 2.10. The van der Waals surface area contributed by atoms with E-state index in [1.54, 1.807) is 0 Å². The summed E-state index contributed by atoms with van der Waals surface area (Å²) in [6.07, 6.45) is 0.545. The normalized spacial score (nSPS) is 12.1. The predicted molar refractivity (Wildman–Crippen MR) is 42.8 cm³/mol. The van der Waals surface area contributed by atoms with Crippen molar-refractivity contribution in [1.82, 2.24) is 0 Å². The van der Waals surface area contributed by atoms with Gasteiger partial charge in [-0.2, -0.15) is 0 Å². The first-order valence-corrected chi connectivity index (χ1v) is 3.59. The number of carboxylic acid groups (broad SMARTS) is 2. The molecule has 4 heteroatoms. The van der Waals surface area contributed by atoms with Crippen molar-refractivity contribution in [1.29, 1.82) is 0 Å². The monoisotopic (exact) mass is 172 g/mol. The van der Waals surface area contributed by atoms with E-state index >= 15 is 0 Å². The lowest BCUT2D eigenvalue weighted by atomic mass is 10.0. The number of rotatable bonds is 5. The van der Waals surface area contributed by atoms with Gasteiger partial charge in [-0.15, -0.1) is 0 Å². The van der Waals surface area contributed by atoms with Crippen molar-refractivity contribution in [2.45, 2.75) is 19.8 Å². The molecule has 0 aliphatic carbocycles. The van der Waals surface area contributed by atoms with E-state index in [0.717, 1.165) is 0 Å². The second-order valence-corrected chi connectivity index (χ2v) is 2.69. The van der Waals surface area contributed by atoms with Gasteiger partial charge in [0.25, 0.3) is 0 Å². The fourth-order valence-electron chi connectivity index (χ4n) is 0.621. The molecular formula is C8H12O4. The molecule has 0 aliphatic rings. The molecule has 0 fully saturated rings. The molecule has 0 saturated heterocycles. The van der Waals surface area contributed by atoms with E-state index in [4.69, 9.17) is 10.2 Å². The summed E-state index contributed by atoms with van der Waals surface area (Å²) >= 11 is 0. The Kier molecular flexibility index (Phi) is 4.04. The van der Waals surface area contributed by atoms with E-state index < -0.39 is 17.9 Å². The smallest absolute Gasteiger partial charge is 0.330 e. The molecule has 0 aromatic carbocycles. The minimum Gasteiger partial charge on any atom is -0.481 e. The van der Waals surface area contributed by atoms with Crippen LogP contribution in [0.1, 0.15) is 19.8 Å². The van der Waals surface area contributed by atoms with Crippen LogP contribution in [-0.2, 0) is 9.59 Å².